The Morgan fingerprint density at radius 2 is 1.12 bits per heavy atom. The first-order valence-corrected chi connectivity index (χ1v) is 8.60. The Morgan fingerprint density at radius 3 is 1.46 bits per heavy atom. The molecule has 2 unspecified atom stereocenters. The lowest BCUT2D eigenvalue weighted by Gasteiger charge is -2.03. The average molecular weight is 352 g/mol. The smallest absolute Gasteiger partial charge is 0.119 e. The maximum Gasteiger partial charge on any atom is 0.119 e. The van der Waals surface area contributed by atoms with Gasteiger partial charge in [0, 0.05) is 0 Å². The second-order valence-electron chi connectivity index (χ2n) is 6.16. The molecule has 0 N–H and O–H groups in total. The molecule has 0 aliphatic carbocycles. The Labute approximate surface area is 152 Å². The fourth-order valence-electron chi connectivity index (χ4n) is 2.21. The maximum atomic E-state index is 5.60. The number of benzene rings is 2. The minimum absolute atomic E-state index is 0.262. The monoisotopic (exact) mass is 352 g/mol. The lowest BCUT2D eigenvalue weighted by Crippen LogP contribution is -2.03. The zero-order valence-corrected chi connectivity index (χ0v) is 14.3. The molecular formula is C20H20N2O4. The molecule has 2 saturated heterocycles. The SMILES string of the molecule is C(=NN=Cc1ccc(OCC2CO2)cc1)c1ccc(OCC2CO2)cc1. The predicted molar refractivity (Wildman–Crippen MR) is 98.5 cm³/mol. The number of hydrogen-bond donors (Lipinski definition) is 0. The highest BCUT2D eigenvalue weighted by molar-refractivity contribution is 5.82. The van der Waals surface area contributed by atoms with Crippen molar-refractivity contribution >= 4 is 12.4 Å². The molecule has 26 heavy (non-hydrogen) atoms. The summed E-state index contributed by atoms with van der Waals surface area (Å²) in [6.07, 6.45) is 3.94. The van der Waals surface area contributed by atoms with E-state index >= 15 is 0 Å². The number of hydrogen-bond acceptors (Lipinski definition) is 6. The average Bonchev–Trinajstić information content (AvgIpc) is 3.58. The van der Waals surface area contributed by atoms with Crippen LogP contribution in [0.3, 0.4) is 0 Å². The Morgan fingerprint density at radius 1 is 0.731 bits per heavy atom. The molecule has 0 bridgehead atoms. The lowest BCUT2D eigenvalue weighted by molar-refractivity contribution is 0.263. The molecule has 0 saturated carbocycles. The minimum atomic E-state index is 0.262. The summed E-state index contributed by atoms with van der Waals surface area (Å²) in [4.78, 5) is 0. The van der Waals surface area contributed by atoms with Gasteiger partial charge < -0.3 is 18.9 Å². The zero-order valence-electron chi connectivity index (χ0n) is 14.3. The fraction of sp³-hybridized carbons (Fsp3) is 0.300. The molecule has 0 spiro atoms. The van der Waals surface area contributed by atoms with E-state index in [1.54, 1.807) is 12.4 Å². The van der Waals surface area contributed by atoms with E-state index in [4.69, 9.17) is 18.9 Å². The van der Waals surface area contributed by atoms with Crippen molar-refractivity contribution in [2.24, 2.45) is 10.2 Å². The third-order valence-corrected chi connectivity index (χ3v) is 3.92. The second-order valence-corrected chi connectivity index (χ2v) is 6.16. The molecule has 2 aliphatic heterocycles. The van der Waals surface area contributed by atoms with Crippen molar-refractivity contribution in [2.45, 2.75) is 12.2 Å². The largest absolute Gasteiger partial charge is 0.491 e. The van der Waals surface area contributed by atoms with Gasteiger partial charge in [0.2, 0.25) is 0 Å². The fourth-order valence-corrected chi connectivity index (χ4v) is 2.21. The normalized spacial score (nSPS) is 21.2. The summed E-state index contributed by atoms with van der Waals surface area (Å²) in [5, 5.41) is 8.15. The van der Waals surface area contributed by atoms with Crippen molar-refractivity contribution in [3.05, 3.63) is 59.7 Å². The van der Waals surface area contributed by atoms with Crippen LogP contribution in [0, 0.1) is 0 Å². The summed E-state index contributed by atoms with van der Waals surface area (Å²) in [5.41, 5.74) is 1.92. The van der Waals surface area contributed by atoms with Crippen LogP contribution in [0.2, 0.25) is 0 Å². The topological polar surface area (TPSA) is 68.2 Å². The van der Waals surface area contributed by atoms with Crippen LogP contribution >= 0.6 is 0 Å². The zero-order chi connectivity index (χ0) is 17.6. The van der Waals surface area contributed by atoms with Crippen LogP contribution in [0.4, 0.5) is 0 Å². The second kappa shape index (κ2) is 8.12. The van der Waals surface area contributed by atoms with Gasteiger partial charge in [0.15, 0.2) is 0 Å². The molecule has 4 rings (SSSR count). The van der Waals surface area contributed by atoms with Crippen molar-refractivity contribution < 1.29 is 18.9 Å². The number of nitrogens with zero attached hydrogens (tertiary/aromatic N) is 2. The van der Waals surface area contributed by atoms with E-state index in [0.717, 1.165) is 35.8 Å². The van der Waals surface area contributed by atoms with Gasteiger partial charge in [-0.25, -0.2) is 0 Å². The molecule has 2 aromatic carbocycles. The first kappa shape index (κ1) is 16.8. The van der Waals surface area contributed by atoms with Crippen LogP contribution < -0.4 is 9.47 Å². The third-order valence-electron chi connectivity index (χ3n) is 3.92. The molecule has 2 heterocycles. The van der Waals surface area contributed by atoms with E-state index in [0.29, 0.717) is 13.2 Å². The summed E-state index contributed by atoms with van der Waals surface area (Å²) in [7, 11) is 0. The van der Waals surface area contributed by atoms with E-state index < -0.39 is 0 Å². The number of epoxide rings is 2. The molecule has 2 aliphatic rings. The van der Waals surface area contributed by atoms with Crippen molar-refractivity contribution in [3.63, 3.8) is 0 Å². The quantitative estimate of drug-likeness (QED) is 0.395. The standard InChI is InChI=1S/C20H20N2O4/c1-5-17(23-11-19-13-25-19)6-2-15(1)9-21-22-10-16-3-7-18(8-4-16)24-12-20-14-26-20/h1-10,19-20H,11-14H2. The highest BCUT2D eigenvalue weighted by Crippen LogP contribution is 2.16. The summed E-state index contributed by atoms with van der Waals surface area (Å²) < 4.78 is 21.4. The molecule has 6 nitrogen and oxygen atoms in total. The van der Waals surface area contributed by atoms with Gasteiger partial charge in [0.05, 0.1) is 25.6 Å². The van der Waals surface area contributed by atoms with E-state index in [9.17, 15) is 0 Å². The summed E-state index contributed by atoms with van der Waals surface area (Å²) in [5.74, 6) is 1.66. The highest BCUT2D eigenvalue weighted by atomic mass is 16.6. The van der Waals surface area contributed by atoms with Crippen LogP contribution in [0.25, 0.3) is 0 Å². The van der Waals surface area contributed by atoms with E-state index in [2.05, 4.69) is 10.2 Å². The Kier molecular flexibility index (Phi) is 5.23. The van der Waals surface area contributed by atoms with Gasteiger partial charge in [-0.15, -0.1) is 0 Å². The first-order valence-electron chi connectivity index (χ1n) is 8.60. The van der Waals surface area contributed by atoms with E-state index in [1.807, 2.05) is 48.5 Å². The summed E-state index contributed by atoms with van der Waals surface area (Å²) in [6.45, 7) is 2.81. The van der Waals surface area contributed by atoms with Gasteiger partial charge in [-0.1, -0.05) is 0 Å². The van der Waals surface area contributed by atoms with Crippen molar-refractivity contribution in [1.29, 1.82) is 0 Å². The van der Waals surface area contributed by atoms with Crippen LogP contribution in [-0.4, -0.2) is 51.1 Å². The number of rotatable bonds is 9. The van der Waals surface area contributed by atoms with Crippen molar-refractivity contribution in [3.8, 4) is 11.5 Å². The van der Waals surface area contributed by atoms with Gasteiger partial charge in [-0.2, -0.15) is 10.2 Å². The van der Waals surface area contributed by atoms with Crippen LogP contribution in [0.15, 0.2) is 58.7 Å². The molecule has 0 amide bonds. The van der Waals surface area contributed by atoms with E-state index in [-0.39, 0.29) is 12.2 Å². The van der Waals surface area contributed by atoms with Gasteiger partial charge in [-0.3, -0.25) is 0 Å². The van der Waals surface area contributed by atoms with Gasteiger partial charge in [0.25, 0.3) is 0 Å². The molecule has 0 aromatic heterocycles. The molecule has 134 valence electrons. The minimum Gasteiger partial charge on any atom is -0.491 e. The lowest BCUT2D eigenvalue weighted by atomic mass is 10.2. The molecule has 6 heteroatoms. The Hall–Kier alpha value is -2.70. The van der Waals surface area contributed by atoms with Gasteiger partial charge in [-0.05, 0) is 59.7 Å². The van der Waals surface area contributed by atoms with Crippen molar-refractivity contribution in [1.82, 2.24) is 0 Å². The van der Waals surface area contributed by atoms with Crippen molar-refractivity contribution in [2.75, 3.05) is 26.4 Å². The third kappa shape index (κ3) is 5.40. The van der Waals surface area contributed by atoms with Crippen LogP contribution in [0.5, 0.6) is 11.5 Å². The van der Waals surface area contributed by atoms with Crippen LogP contribution in [0.1, 0.15) is 11.1 Å². The summed E-state index contributed by atoms with van der Waals surface area (Å²) >= 11 is 0. The molecule has 2 atom stereocenters. The molecule has 0 radical (unpaired) electrons. The molecular weight excluding hydrogens is 332 g/mol. The molecule has 2 fully saturated rings. The number of ether oxygens (including phenoxy) is 4. The van der Waals surface area contributed by atoms with Gasteiger partial charge in [0.1, 0.15) is 36.9 Å². The predicted octanol–water partition coefficient (Wildman–Crippen LogP) is 2.69. The van der Waals surface area contributed by atoms with E-state index in [1.165, 1.54) is 0 Å². The Balaban J connectivity index is 1.24. The Bertz CT molecular complexity index is 696. The molecule has 2 aromatic rings. The summed E-state index contributed by atoms with van der Waals surface area (Å²) in [6, 6.07) is 15.4. The highest BCUT2D eigenvalue weighted by Gasteiger charge is 2.23. The first-order chi connectivity index (χ1) is 12.8. The maximum absolute atomic E-state index is 5.60. The van der Waals surface area contributed by atoms with Gasteiger partial charge >= 0.3 is 0 Å². The van der Waals surface area contributed by atoms with Crippen LogP contribution in [-0.2, 0) is 9.47 Å².